The van der Waals surface area contributed by atoms with Gasteiger partial charge in [0.2, 0.25) is 0 Å². The average molecular weight is 509 g/mol. The van der Waals surface area contributed by atoms with Crippen LogP contribution >= 0.6 is 11.3 Å². The summed E-state index contributed by atoms with van der Waals surface area (Å²) in [5, 5.41) is 22.4. The van der Waals surface area contributed by atoms with Crippen LogP contribution in [0.2, 0.25) is 0 Å². The van der Waals surface area contributed by atoms with Crippen LogP contribution in [0.25, 0.3) is 21.7 Å². The molecule has 5 rings (SSSR count). The first-order valence-corrected chi connectivity index (χ1v) is 13.8. The van der Waals surface area contributed by atoms with Gasteiger partial charge in [0.1, 0.15) is 11.4 Å². The molecule has 2 N–H and O–H groups in total. The highest BCUT2D eigenvalue weighted by molar-refractivity contribution is 7.13. The predicted molar refractivity (Wildman–Crippen MR) is 144 cm³/mol. The molecule has 1 unspecified atom stereocenters. The standard InChI is InChI=1S/C29H36N2O4S/c1-29(2,3)31-12-6-5-8-19-25(24-9-7-15-36-24)26-20-17-21(22(33)11-14-32)23(35-4)16-18(20)10-13-30(26)27(19)28(31)34/h7,9,15-17,22,32-33H,5-6,8,10-14H2,1-4H3. The summed E-state index contributed by atoms with van der Waals surface area (Å²) in [6.07, 6.45) is 3.08. The van der Waals surface area contributed by atoms with Crippen LogP contribution in [0.1, 0.15) is 73.3 Å². The Labute approximate surface area is 217 Å². The van der Waals surface area contributed by atoms with Gasteiger partial charge in [0, 0.05) is 53.2 Å². The van der Waals surface area contributed by atoms with Gasteiger partial charge in [-0.15, -0.1) is 11.3 Å². The van der Waals surface area contributed by atoms with Crippen LogP contribution in [0, 0.1) is 0 Å². The summed E-state index contributed by atoms with van der Waals surface area (Å²) in [4.78, 5) is 17.4. The SMILES string of the molecule is COc1cc2c(cc1C(O)CCO)-c1c(-c3cccs3)c3c(n1CC2)C(=O)N(C(C)(C)C)CCCC3. The van der Waals surface area contributed by atoms with Gasteiger partial charge in [-0.25, -0.2) is 0 Å². The van der Waals surface area contributed by atoms with Crippen LogP contribution in [0.4, 0.5) is 0 Å². The van der Waals surface area contributed by atoms with E-state index in [9.17, 15) is 15.0 Å². The number of benzene rings is 1. The number of hydrogen-bond acceptors (Lipinski definition) is 5. The highest BCUT2D eigenvalue weighted by Gasteiger charge is 2.37. The molecule has 6 nitrogen and oxygen atoms in total. The second-order valence-electron chi connectivity index (χ2n) is 10.8. The fraction of sp³-hybridized carbons (Fsp3) is 0.483. The normalized spacial score (nSPS) is 16.6. The number of rotatable bonds is 5. The van der Waals surface area contributed by atoms with E-state index in [0.717, 1.165) is 77.3 Å². The maximum atomic E-state index is 14.2. The first-order valence-electron chi connectivity index (χ1n) is 12.9. The van der Waals surface area contributed by atoms with E-state index < -0.39 is 6.10 Å². The molecule has 1 aromatic carbocycles. The van der Waals surface area contributed by atoms with Crippen LogP contribution in [0.3, 0.4) is 0 Å². The molecule has 7 heteroatoms. The Morgan fingerprint density at radius 2 is 1.94 bits per heavy atom. The lowest BCUT2D eigenvalue weighted by Crippen LogP contribution is -2.47. The molecule has 192 valence electrons. The van der Waals surface area contributed by atoms with Crippen molar-refractivity contribution < 1.29 is 19.7 Å². The smallest absolute Gasteiger partial charge is 0.271 e. The number of carbonyl (C=O) groups is 1. The number of aliphatic hydroxyl groups excluding tert-OH is 2. The quantitative estimate of drug-likeness (QED) is 0.481. The second-order valence-corrected chi connectivity index (χ2v) is 11.7. The maximum absolute atomic E-state index is 14.2. The van der Waals surface area contributed by atoms with E-state index in [4.69, 9.17) is 4.74 Å². The Bertz CT molecular complexity index is 1270. The number of aliphatic hydroxyl groups is 2. The zero-order valence-electron chi connectivity index (χ0n) is 21.6. The van der Waals surface area contributed by atoms with Gasteiger partial charge >= 0.3 is 0 Å². The molecule has 0 spiro atoms. The molecule has 1 atom stereocenters. The molecule has 1 amide bonds. The van der Waals surface area contributed by atoms with E-state index in [-0.39, 0.29) is 24.5 Å². The Morgan fingerprint density at radius 1 is 1.14 bits per heavy atom. The van der Waals surface area contributed by atoms with Gasteiger partial charge in [-0.3, -0.25) is 4.79 Å². The summed E-state index contributed by atoms with van der Waals surface area (Å²) in [5.74, 6) is 0.750. The summed E-state index contributed by atoms with van der Waals surface area (Å²) in [6.45, 7) is 7.72. The number of fused-ring (bicyclic) bond motifs is 5. The van der Waals surface area contributed by atoms with Crippen molar-refractivity contribution in [3.8, 4) is 27.4 Å². The van der Waals surface area contributed by atoms with Gasteiger partial charge in [-0.2, -0.15) is 0 Å². The van der Waals surface area contributed by atoms with Crippen molar-refractivity contribution in [2.24, 2.45) is 0 Å². The van der Waals surface area contributed by atoms with Crippen molar-refractivity contribution in [2.75, 3.05) is 20.3 Å². The molecule has 36 heavy (non-hydrogen) atoms. The number of aryl methyl sites for hydroxylation is 1. The van der Waals surface area contributed by atoms with Gasteiger partial charge in [-0.1, -0.05) is 6.07 Å². The number of amides is 1. The fourth-order valence-electron chi connectivity index (χ4n) is 5.80. The van der Waals surface area contributed by atoms with Crippen LogP contribution in [-0.4, -0.2) is 51.4 Å². The number of carbonyl (C=O) groups excluding carboxylic acids is 1. The fourth-order valence-corrected chi connectivity index (χ4v) is 6.60. The first kappa shape index (κ1) is 25.1. The van der Waals surface area contributed by atoms with Crippen LogP contribution in [0.15, 0.2) is 29.6 Å². The monoisotopic (exact) mass is 508 g/mol. The van der Waals surface area contributed by atoms with Crippen molar-refractivity contribution in [1.29, 1.82) is 0 Å². The molecule has 3 aromatic rings. The molecule has 0 saturated heterocycles. The largest absolute Gasteiger partial charge is 0.496 e. The van der Waals surface area contributed by atoms with E-state index in [2.05, 4.69) is 42.9 Å². The topological polar surface area (TPSA) is 74.9 Å². The Balaban J connectivity index is 1.80. The Hall–Kier alpha value is -2.61. The van der Waals surface area contributed by atoms with E-state index in [1.165, 1.54) is 0 Å². The summed E-state index contributed by atoms with van der Waals surface area (Å²) in [6, 6.07) is 8.26. The highest BCUT2D eigenvalue weighted by atomic mass is 32.1. The third-order valence-electron chi connectivity index (χ3n) is 7.52. The van der Waals surface area contributed by atoms with Crippen molar-refractivity contribution in [3.63, 3.8) is 0 Å². The van der Waals surface area contributed by atoms with Crippen molar-refractivity contribution in [2.45, 2.75) is 71.1 Å². The maximum Gasteiger partial charge on any atom is 0.271 e. The molecule has 2 aromatic heterocycles. The van der Waals surface area contributed by atoms with Gasteiger partial charge in [0.15, 0.2) is 0 Å². The molecular formula is C29H36N2O4S. The molecule has 0 fully saturated rings. The minimum atomic E-state index is -0.829. The number of thiophene rings is 1. The molecule has 0 saturated carbocycles. The van der Waals surface area contributed by atoms with Crippen LogP contribution in [0.5, 0.6) is 5.75 Å². The predicted octanol–water partition coefficient (Wildman–Crippen LogP) is 5.44. The average Bonchev–Trinajstić information content (AvgIpc) is 3.46. The number of nitrogens with zero attached hydrogens (tertiary/aromatic N) is 2. The lowest BCUT2D eigenvalue weighted by atomic mass is 9.90. The second kappa shape index (κ2) is 9.69. The number of methoxy groups -OCH3 is 1. The van der Waals surface area contributed by atoms with Crippen LogP contribution < -0.4 is 4.74 Å². The van der Waals surface area contributed by atoms with E-state index in [1.807, 2.05) is 17.0 Å². The molecule has 0 bridgehead atoms. The lowest BCUT2D eigenvalue weighted by Gasteiger charge is -2.37. The zero-order chi connectivity index (χ0) is 25.6. The molecule has 0 radical (unpaired) electrons. The highest BCUT2D eigenvalue weighted by Crippen LogP contribution is 2.48. The van der Waals surface area contributed by atoms with Gasteiger partial charge in [0.05, 0.1) is 18.9 Å². The minimum absolute atomic E-state index is 0.107. The molecule has 4 heterocycles. The van der Waals surface area contributed by atoms with Crippen LogP contribution in [-0.2, 0) is 19.4 Å². The van der Waals surface area contributed by atoms with Gasteiger partial charge in [0.25, 0.3) is 5.91 Å². The molecular weight excluding hydrogens is 472 g/mol. The van der Waals surface area contributed by atoms with E-state index in [1.54, 1.807) is 18.4 Å². The Morgan fingerprint density at radius 3 is 2.61 bits per heavy atom. The molecule has 2 aliphatic heterocycles. The molecule has 2 aliphatic rings. The third kappa shape index (κ3) is 4.17. The minimum Gasteiger partial charge on any atom is -0.496 e. The summed E-state index contributed by atoms with van der Waals surface area (Å²) < 4.78 is 7.89. The zero-order valence-corrected chi connectivity index (χ0v) is 22.5. The van der Waals surface area contributed by atoms with Crippen molar-refractivity contribution in [3.05, 3.63) is 52.0 Å². The van der Waals surface area contributed by atoms with Gasteiger partial charge in [-0.05, 0) is 81.2 Å². The Kier molecular flexibility index (Phi) is 6.74. The van der Waals surface area contributed by atoms with Gasteiger partial charge < -0.3 is 24.4 Å². The van der Waals surface area contributed by atoms with E-state index in [0.29, 0.717) is 11.3 Å². The lowest BCUT2D eigenvalue weighted by molar-refractivity contribution is 0.0558. The number of ether oxygens (including phenoxy) is 1. The number of aromatic nitrogens is 1. The van der Waals surface area contributed by atoms with Crippen molar-refractivity contribution in [1.82, 2.24) is 9.47 Å². The van der Waals surface area contributed by atoms with E-state index >= 15 is 0 Å². The number of hydrogen-bond donors (Lipinski definition) is 2. The first-order chi connectivity index (χ1) is 17.3. The third-order valence-corrected chi connectivity index (χ3v) is 8.41. The summed E-state index contributed by atoms with van der Waals surface area (Å²) in [5.41, 5.74) is 6.79. The molecule has 0 aliphatic carbocycles. The summed E-state index contributed by atoms with van der Waals surface area (Å²) in [7, 11) is 1.62. The summed E-state index contributed by atoms with van der Waals surface area (Å²) >= 11 is 1.70. The van der Waals surface area contributed by atoms with Crippen molar-refractivity contribution >= 4 is 17.2 Å².